The van der Waals surface area contributed by atoms with Crippen LogP contribution in [-0.4, -0.2) is 17.1 Å². The van der Waals surface area contributed by atoms with E-state index in [9.17, 15) is 13.6 Å². The number of halogens is 2. The van der Waals surface area contributed by atoms with Crippen LogP contribution in [0.2, 0.25) is 0 Å². The average molecular weight is 229 g/mol. The number of hydrogen-bond acceptors (Lipinski definition) is 2. The molecule has 0 aliphatic rings. The molecule has 1 aromatic rings. The van der Waals surface area contributed by atoms with Gasteiger partial charge in [0.1, 0.15) is 6.04 Å². The number of alkyl halides is 2. The lowest BCUT2D eigenvalue weighted by atomic mass is 9.97. The summed E-state index contributed by atoms with van der Waals surface area (Å²) in [5.74, 6) is -4.64. The lowest BCUT2D eigenvalue weighted by Crippen LogP contribution is -2.36. The Bertz CT molecular complexity index is 393. The molecule has 0 spiro atoms. The summed E-state index contributed by atoms with van der Waals surface area (Å²) in [5, 5.41) is 8.50. The fourth-order valence-corrected chi connectivity index (χ4v) is 1.46. The van der Waals surface area contributed by atoms with Crippen LogP contribution in [0.25, 0.3) is 0 Å². The van der Waals surface area contributed by atoms with Gasteiger partial charge in [0.25, 0.3) is 5.92 Å². The number of benzene rings is 1. The van der Waals surface area contributed by atoms with Crippen molar-refractivity contribution in [2.75, 3.05) is 0 Å². The molecule has 3 nitrogen and oxygen atoms in total. The highest BCUT2D eigenvalue weighted by Crippen LogP contribution is 2.34. The third kappa shape index (κ3) is 2.76. The Balaban J connectivity index is 2.94. The SMILES string of the molecule is Cc1ccccc1C(F)(F)CC(N)C(=O)O. The topological polar surface area (TPSA) is 63.3 Å². The highest BCUT2D eigenvalue weighted by molar-refractivity contribution is 5.73. The highest BCUT2D eigenvalue weighted by Gasteiger charge is 2.36. The minimum Gasteiger partial charge on any atom is -0.480 e. The van der Waals surface area contributed by atoms with Gasteiger partial charge in [-0.2, -0.15) is 0 Å². The second kappa shape index (κ2) is 4.57. The minimum atomic E-state index is -3.22. The molecule has 0 amide bonds. The third-order valence-electron chi connectivity index (χ3n) is 2.33. The number of carbonyl (C=O) groups is 1. The molecule has 16 heavy (non-hydrogen) atoms. The number of carboxylic acids is 1. The fourth-order valence-electron chi connectivity index (χ4n) is 1.46. The van der Waals surface area contributed by atoms with Crippen LogP contribution in [0.15, 0.2) is 24.3 Å². The molecule has 1 unspecified atom stereocenters. The second-order valence-electron chi connectivity index (χ2n) is 3.67. The number of rotatable bonds is 4. The van der Waals surface area contributed by atoms with E-state index in [1.165, 1.54) is 12.1 Å². The Labute approximate surface area is 91.9 Å². The number of nitrogens with two attached hydrogens (primary N) is 1. The number of aryl methyl sites for hydroxylation is 1. The predicted molar refractivity (Wildman–Crippen MR) is 55.3 cm³/mol. The fraction of sp³-hybridized carbons (Fsp3) is 0.364. The van der Waals surface area contributed by atoms with E-state index in [2.05, 4.69) is 0 Å². The number of carboxylic acid groups (broad SMARTS) is 1. The summed E-state index contributed by atoms with van der Waals surface area (Å²) in [6.45, 7) is 1.55. The van der Waals surface area contributed by atoms with Gasteiger partial charge < -0.3 is 10.8 Å². The lowest BCUT2D eigenvalue weighted by molar-refractivity contribution is -0.141. The van der Waals surface area contributed by atoms with E-state index in [1.807, 2.05) is 0 Å². The maximum absolute atomic E-state index is 13.7. The molecule has 3 N–H and O–H groups in total. The largest absolute Gasteiger partial charge is 0.480 e. The third-order valence-corrected chi connectivity index (χ3v) is 2.33. The molecule has 88 valence electrons. The first kappa shape index (κ1) is 12.6. The summed E-state index contributed by atoms with van der Waals surface area (Å²) in [5.41, 5.74) is 5.36. The summed E-state index contributed by atoms with van der Waals surface area (Å²) >= 11 is 0. The zero-order valence-electron chi connectivity index (χ0n) is 8.78. The lowest BCUT2D eigenvalue weighted by Gasteiger charge is -2.20. The molecule has 0 heterocycles. The Morgan fingerprint density at radius 1 is 1.50 bits per heavy atom. The summed E-state index contributed by atoms with van der Waals surface area (Å²) in [6.07, 6.45) is -0.896. The Kier molecular flexibility index (Phi) is 3.59. The van der Waals surface area contributed by atoms with Crippen LogP contribution in [0.3, 0.4) is 0 Å². The van der Waals surface area contributed by atoms with Gasteiger partial charge in [-0.1, -0.05) is 24.3 Å². The number of aliphatic carboxylic acids is 1. The van der Waals surface area contributed by atoms with E-state index in [-0.39, 0.29) is 5.56 Å². The molecule has 0 aromatic heterocycles. The molecule has 0 bridgehead atoms. The monoisotopic (exact) mass is 229 g/mol. The summed E-state index contributed by atoms with van der Waals surface area (Å²) in [6, 6.07) is 4.41. The van der Waals surface area contributed by atoms with E-state index < -0.39 is 24.4 Å². The van der Waals surface area contributed by atoms with Crippen molar-refractivity contribution in [3.05, 3.63) is 35.4 Å². The zero-order valence-corrected chi connectivity index (χ0v) is 8.78. The minimum absolute atomic E-state index is 0.174. The van der Waals surface area contributed by atoms with Crippen molar-refractivity contribution in [1.82, 2.24) is 0 Å². The van der Waals surface area contributed by atoms with Crippen LogP contribution in [0.4, 0.5) is 8.78 Å². The molecule has 1 aromatic carbocycles. The number of hydrogen-bond donors (Lipinski definition) is 2. The van der Waals surface area contributed by atoms with Crippen LogP contribution in [0.5, 0.6) is 0 Å². The maximum atomic E-state index is 13.7. The molecule has 5 heteroatoms. The first-order valence-electron chi connectivity index (χ1n) is 4.77. The Hall–Kier alpha value is -1.49. The summed E-state index contributed by atoms with van der Waals surface area (Å²) < 4.78 is 27.4. The average Bonchev–Trinajstić information content (AvgIpc) is 2.17. The first-order chi connectivity index (χ1) is 7.34. The van der Waals surface area contributed by atoms with E-state index in [4.69, 9.17) is 10.8 Å². The molecule has 0 radical (unpaired) electrons. The van der Waals surface area contributed by atoms with Crippen LogP contribution in [-0.2, 0) is 10.7 Å². The molecule has 0 aliphatic heterocycles. The standard InChI is InChI=1S/C11H13F2NO2/c1-7-4-2-3-5-8(7)11(12,13)6-9(14)10(15)16/h2-5,9H,6,14H2,1H3,(H,15,16). The van der Waals surface area contributed by atoms with Gasteiger partial charge in [0.05, 0.1) is 0 Å². The summed E-state index contributed by atoms with van der Waals surface area (Å²) in [4.78, 5) is 10.4. The van der Waals surface area contributed by atoms with Gasteiger partial charge in [-0.05, 0) is 12.5 Å². The molecular formula is C11H13F2NO2. The van der Waals surface area contributed by atoms with Crippen molar-refractivity contribution >= 4 is 5.97 Å². The molecule has 1 rings (SSSR count). The van der Waals surface area contributed by atoms with Gasteiger partial charge in [-0.3, -0.25) is 4.79 Å². The van der Waals surface area contributed by atoms with Gasteiger partial charge in [-0.15, -0.1) is 0 Å². The molecule has 0 fully saturated rings. The maximum Gasteiger partial charge on any atom is 0.320 e. The molecular weight excluding hydrogens is 216 g/mol. The summed E-state index contributed by atoms with van der Waals surface area (Å²) in [7, 11) is 0. The van der Waals surface area contributed by atoms with E-state index in [0.29, 0.717) is 5.56 Å². The highest BCUT2D eigenvalue weighted by atomic mass is 19.3. The van der Waals surface area contributed by atoms with E-state index in [1.54, 1.807) is 19.1 Å². The van der Waals surface area contributed by atoms with Crippen LogP contribution < -0.4 is 5.73 Å². The van der Waals surface area contributed by atoms with Crippen LogP contribution in [0.1, 0.15) is 17.5 Å². The van der Waals surface area contributed by atoms with Gasteiger partial charge in [0, 0.05) is 12.0 Å². The van der Waals surface area contributed by atoms with Crippen LogP contribution >= 0.6 is 0 Å². The second-order valence-corrected chi connectivity index (χ2v) is 3.67. The molecule has 1 atom stereocenters. The quantitative estimate of drug-likeness (QED) is 0.828. The Morgan fingerprint density at radius 3 is 2.56 bits per heavy atom. The molecule has 0 saturated carbocycles. The molecule has 0 aliphatic carbocycles. The van der Waals surface area contributed by atoms with Gasteiger partial charge in [-0.25, -0.2) is 8.78 Å². The van der Waals surface area contributed by atoms with Gasteiger partial charge >= 0.3 is 5.97 Å². The van der Waals surface area contributed by atoms with Crippen molar-refractivity contribution < 1.29 is 18.7 Å². The Morgan fingerprint density at radius 2 is 2.06 bits per heavy atom. The van der Waals surface area contributed by atoms with Crippen molar-refractivity contribution in [3.63, 3.8) is 0 Å². The van der Waals surface area contributed by atoms with Crippen molar-refractivity contribution in [2.45, 2.75) is 25.3 Å². The first-order valence-corrected chi connectivity index (χ1v) is 4.77. The van der Waals surface area contributed by atoms with Crippen molar-refractivity contribution in [1.29, 1.82) is 0 Å². The van der Waals surface area contributed by atoms with Gasteiger partial charge in [0.15, 0.2) is 0 Å². The zero-order chi connectivity index (χ0) is 12.3. The van der Waals surface area contributed by atoms with E-state index >= 15 is 0 Å². The van der Waals surface area contributed by atoms with Crippen molar-refractivity contribution in [3.8, 4) is 0 Å². The normalized spacial score (nSPS) is 13.5. The smallest absolute Gasteiger partial charge is 0.320 e. The molecule has 0 saturated heterocycles. The van der Waals surface area contributed by atoms with Crippen molar-refractivity contribution in [2.24, 2.45) is 5.73 Å². The van der Waals surface area contributed by atoms with Gasteiger partial charge in [0.2, 0.25) is 0 Å². The van der Waals surface area contributed by atoms with E-state index in [0.717, 1.165) is 0 Å². The predicted octanol–water partition coefficient (Wildman–Crippen LogP) is 1.89. The van der Waals surface area contributed by atoms with Crippen LogP contribution in [0, 0.1) is 6.92 Å².